The Kier molecular flexibility index (Phi) is 4.71. The predicted octanol–water partition coefficient (Wildman–Crippen LogP) is 0.584. The van der Waals surface area contributed by atoms with Crippen molar-refractivity contribution in [1.29, 1.82) is 0 Å². The molecule has 0 aromatic carbocycles. The topological polar surface area (TPSA) is 79.3 Å². The van der Waals surface area contributed by atoms with E-state index >= 15 is 0 Å². The molecule has 0 radical (unpaired) electrons. The van der Waals surface area contributed by atoms with Crippen molar-refractivity contribution in [2.24, 2.45) is 0 Å². The highest BCUT2D eigenvalue weighted by Gasteiger charge is 2.18. The van der Waals surface area contributed by atoms with Crippen molar-refractivity contribution in [2.75, 3.05) is 31.6 Å². The van der Waals surface area contributed by atoms with Gasteiger partial charge in [-0.2, -0.15) is 0 Å². The van der Waals surface area contributed by atoms with E-state index < -0.39 is 6.10 Å². The van der Waals surface area contributed by atoms with Gasteiger partial charge in [-0.1, -0.05) is 11.6 Å². The second-order valence-electron chi connectivity index (χ2n) is 4.23. The minimum Gasteiger partial charge on any atom is -0.392 e. The lowest BCUT2D eigenvalue weighted by Gasteiger charge is -2.23. The van der Waals surface area contributed by atoms with Crippen LogP contribution in [0.15, 0.2) is 6.07 Å². The number of nitrogens with one attached hydrogen (secondary N) is 2. The minimum absolute atomic E-state index is 0.105. The van der Waals surface area contributed by atoms with Gasteiger partial charge in [0.2, 0.25) is 5.95 Å². The van der Waals surface area contributed by atoms with Crippen LogP contribution in [0.4, 0.5) is 5.95 Å². The molecule has 2 rings (SSSR count). The molecule has 1 fully saturated rings. The summed E-state index contributed by atoms with van der Waals surface area (Å²) in [6.07, 6.45) is -0.574. The summed E-state index contributed by atoms with van der Waals surface area (Å²) in [5, 5.41) is 15.7. The molecule has 1 aliphatic rings. The van der Waals surface area contributed by atoms with Crippen LogP contribution in [0.25, 0.3) is 0 Å². The monoisotopic (exact) mass is 272 g/mol. The molecule has 2 atom stereocenters. The molecule has 7 heteroatoms. The van der Waals surface area contributed by atoms with Crippen LogP contribution >= 0.6 is 11.6 Å². The van der Waals surface area contributed by atoms with E-state index in [0.29, 0.717) is 30.8 Å². The van der Waals surface area contributed by atoms with Crippen LogP contribution in [-0.2, 0) is 4.74 Å². The quantitative estimate of drug-likeness (QED) is 0.696. The van der Waals surface area contributed by atoms with Crippen molar-refractivity contribution in [3.05, 3.63) is 16.9 Å². The average molecular weight is 273 g/mol. The Morgan fingerprint density at radius 3 is 3.17 bits per heavy atom. The highest BCUT2D eigenvalue weighted by molar-refractivity contribution is 6.29. The number of rotatable bonds is 4. The molecule has 1 aromatic rings. The number of aromatic nitrogens is 2. The molecule has 1 aliphatic heterocycles. The van der Waals surface area contributed by atoms with E-state index in [4.69, 9.17) is 16.3 Å². The lowest BCUT2D eigenvalue weighted by Crippen LogP contribution is -2.34. The fourth-order valence-corrected chi connectivity index (χ4v) is 1.87. The zero-order chi connectivity index (χ0) is 13.0. The first-order valence-corrected chi connectivity index (χ1v) is 6.31. The molecule has 0 bridgehead atoms. The first-order valence-electron chi connectivity index (χ1n) is 5.94. The maximum atomic E-state index is 9.22. The molecule has 1 aromatic heterocycles. The van der Waals surface area contributed by atoms with Crippen LogP contribution in [0.1, 0.15) is 18.7 Å². The van der Waals surface area contributed by atoms with Crippen molar-refractivity contribution in [3.63, 3.8) is 0 Å². The standard InChI is InChI=1S/C11H17ClN4O2/c1-7(17)5-14-11-15-8(4-10(12)16-11)9-6-13-2-3-18-9/h4,7,9,13,17H,2-3,5-6H2,1H3,(H,14,15,16). The van der Waals surface area contributed by atoms with E-state index in [1.807, 2.05) is 0 Å². The lowest BCUT2D eigenvalue weighted by atomic mass is 10.2. The number of hydrogen-bond donors (Lipinski definition) is 3. The molecule has 0 amide bonds. The average Bonchev–Trinajstić information content (AvgIpc) is 2.37. The summed E-state index contributed by atoms with van der Waals surface area (Å²) in [6.45, 7) is 4.28. The number of morpholine rings is 1. The maximum absolute atomic E-state index is 9.22. The highest BCUT2D eigenvalue weighted by Crippen LogP contribution is 2.20. The fourth-order valence-electron chi connectivity index (χ4n) is 1.67. The molecule has 1 saturated heterocycles. The van der Waals surface area contributed by atoms with Crippen molar-refractivity contribution in [3.8, 4) is 0 Å². The largest absolute Gasteiger partial charge is 0.392 e. The van der Waals surface area contributed by atoms with Crippen molar-refractivity contribution < 1.29 is 9.84 Å². The van der Waals surface area contributed by atoms with Gasteiger partial charge in [-0.15, -0.1) is 0 Å². The van der Waals surface area contributed by atoms with Gasteiger partial charge in [0.15, 0.2) is 0 Å². The molecular weight excluding hydrogens is 256 g/mol. The Bertz CT molecular complexity index is 397. The second-order valence-corrected chi connectivity index (χ2v) is 4.62. The third-order valence-electron chi connectivity index (χ3n) is 2.53. The van der Waals surface area contributed by atoms with Gasteiger partial charge in [0.25, 0.3) is 0 Å². The Hall–Kier alpha value is -0.950. The van der Waals surface area contributed by atoms with E-state index in [9.17, 15) is 5.11 Å². The fraction of sp³-hybridized carbons (Fsp3) is 0.636. The Morgan fingerprint density at radius 1 is 1.67 bits per heavy atom. The zero-order valence-electron chi connectivity index (χ0n) is 10.2. The van der Waals surface area contributed by atoms with E-state index in [0.717, 1.165) is 12.2 Å². The lowest BCUT2D eigenvalue weighted by molar-refractivity contribution is 0.0250. The summed E-state index contributed by atoms with van der Waals surface area (Å²) < 4.78 is 5.61. The summed E-state index contributed by atoms with van der Waals surface area (Å²) in [5.74, 6) is 0.410. The summed E-state index contributed by atoms with van der Waals surface area (Å²) in [5.41, 5.74) is 0.746. The molecule has 0 spiro atoms. The summed E-state index contributed by atoms with van der Waals surface area (Å²) in [6, 6.07) is 1.70. The Labute approximate surface area is 111 Å². The van der Waals surface area contributed by atoms with Gasteiger partial charge in [0, 0.05) is 19.6 Å². The van der Waals surface area contributed by atoms with E-state index in [-0.39, 0.29) is 6.10 Å². The number of anilines is 1. The number of nitrogens with zero attached hydrogens (tertiary/aromatic N) is 2. The van der Waals surface area contributed by atoms with Crippen molar-refractivity contribution in [1.82, 2.24) is 15.3 Å². The van der Waals surface area contributed by atoms with Crippen LogP contribution in [0.2, 0.25) is 5.15 Å². The Morgan fingerprint density at radius 2 is 2.50 bits per heavy atom. The number of aliphatic hydroxyl groups excluding tert-OH is 1. The molecule has 3 N–H and O–H groups in total. The molecule has 2 heterocycles. The van der Waals surface area contributed by atoms with Crippen LogP contribution in [0, 0.1) is 0 Å². The number of ether oxygens (including phenoxy) is 1. The van der Waals surface area contributed by atoms with Crippen LogP contribution in [0.3, 0.4) is 0 Å². The zero-order valence-corrected chi connectivity index (χ0v) is 10.9. The van der Waals surface area contributed by atoms with Gasteiger partial charge in [0.05, 0.1) is 18.4 Å². The Balaban J connectivity index is 2.09. The van der Waals surface area contributed by atoms with Gasteiger partial charge in [-0.05, 0) is 13.0 Å². The number of hydrogen-bond acceptors (Lipinski definition) is 6. The molecule has 18 heavy (non-hydrogen) atoms. The molecule has 2 unspecified atom stereocenters. The van der Waals surface area contributed by atoms with Gasteiger partial charge in [-0.3, -0.25) is 0 Å². The molecule has 0 saturated carbocycles. The first-order chi connectivity index (χ1) is 8.65. The molecule has 100 valence electrons. The summed E-state index contributed by atoms with van der Waals surface area (Å²) in [7, 11) is 0. The highest BCUT2D eigenvalue weighted by atomic mass is 35.5. The van der Waals surface area contributed by atoms with Gasteiger partial charge < -0.3 is 20.5 Å². The third kappa shape index (κ3) is 3.78. The normalized spacial score (nSPS) is 21.6. The van der Waals surface area contributed by atoms with Crippen molar-refractivity contribution >= 4 is 17.5 Å². The third-order valence-corrected chi connectivity index (χ3v) is 2.72. The number of aliphatic hydroxyl groups is 1. The predicted molar refractivity (Wildman–Crippen MR) is 68.8 cm³/mol. The van der Waals surface area contributed by atoms with E-state index in [1.54, 1.807) is 13.0 Å². The van der Waals surface area contributed by atoms with Crippen LogP contribution < -0.4 is 10.6 Å². The van der Waals surface area contributed by atoms with Gasteiger partial charge in [0.1, 0.15) is 11.3 Å². The minimum atomic E-state index is -0.469. The van der Waals surface area contributed by atoms with Gasteiger partial charge >= 0.3 is 0 Å². The van der Waals surface area contributed by atoms with Crippen LogP contribution in [-0.4, -0.2) is 47.4 Å². The summed E-state index contributed by atoms with van der Waals surface area (Å²) in [4.78, 5) is 8.40. The second kappa shape index (κ2) is 6.29. The van der Waals surface area contributed by atoms with E-state index in [1.165, 1.54) is 0 Å². The first kappa shape index (κ1) is 13.5. The number of halogens is 1. The smallest absolute Gasteiger partial charge is 0.224 e. The van der Waals surface area contributed by atoms with Crippen molar-refractivity contribution in [2.45, 2.75) is 19.1 Å². The van der Waals surface area contributed by atoms with Crippen LogP contribution in [0.5, 0.6) is 0 Å². The SMILES string of the molecule is CC(O)CNc1nc(Cl)cc(C2CNCCO2)n1. The molecular formula is C11H17ClN4O2. The van der Waals surface area contributed by atoms with Gasteiger partial charge in [-0.25, -0.2) is 9.97 Å². The maximum Gasteiger partial charge on any atom is 0.224 e. The van der Waals surface area contributed by atoms with E-state index in [2.05, 4.69) is 20.6 Å². The molecule has 0 aliphatic carbocycles. The summed E-state index contributed by atoms with van der Waals surface area (Å²) >= 11 is 5.95. The molecule has 6 nitrogen and oxygen atoms in total.